The van der Waals surface area contributed by atoms with Gasteiger partial charge < -0.3 is 0 Å². The lowest BCUT2D eigenvalue weighted by Gasteiger charge is -2.45. The molecule has 0 saturated heterocycles. The fraction of sp³-hybridized carbons (Fsp3) is 0.235. The van der Waals surface area contributed by atoms with Gasteiger partial charge in [-0.25, -0.2) is 0 Å². The Bertz CT molecular complexity index is 640. The second-order valence-corrected chi connectivity index (χ2v) is 10.0. The third-order valence-corrected chi connectivity index (χ3v) is 10.3. The monoisotopic (exact) mass is 297 g/mol. The molecule has 1 saturated carbocycles. The first kappa shape index (κ1) is 13.6. The van der Waals surface area contributed by atoms with Crippen molar-refractivity contribution in [3.05, 3.63) is 60.7 Å². The van der Waals surface area contributed by atoms with Gasteiger partial charge >= 0.3 is 0 Å². The van der Waals surface area contributed by atoms with E-state index in [2.05, 4.69) is 30.3 Å². The minimum atomic E-state index is -2.09. The molecule has 0 amide bonds. The van der Waals surface area contributed by atoms with Crippen LogP contribution in [0.5, 0.6) is 0 Å². The zero-order valence-electron chi connectivity index (χ0n) is 11.2. The van der Waals surface area contributed by atoms with Crippen LogP contribution in [0.15, 0.2) is 60.7 Å². The summed E-state index contributed by atoms with van der Waals surface area (Å²) in [6.07, 6.45) is 2.99. The molecule has 0 aliphatic heterocycles. The predicted molar refractivity (Wildman–Crippen MR) is 88.6 cm³/mol. The molecule has 0 atom stereocenters. The van der Waals surface area contributed by atoms with Crippen LogP contribution in [0.2, 0.25) is 0 Å². The standard InChI is InChI=1S/C17H16NPS/c18-14-17(12-7-13-17)19(20,15-8-3-1-4-9-15)16-10-5-2-6-11-16/h1-6,8-11H,7,12-13H2. The summed E-state index contributed by atoms with van der Waals surface area (Å²) >= 11 is 6.21. The molecule has 0 radical (unpaired) electrons. The number of rotatable bonds is 3. The molecule has 100 valence electrons. The molecule has 1 aliphatic rings. The molecule has 20 heavy (non-hydrogen) atoms. The van der Waals surface area contributed by atoms with Crippen LogP contribution in [-0.4, -0.2) is 5.16 Å². The second kappa shape index (κ2) is 5.17. The third-order valence-electron chi connectivity index (χ3n) is 4.23. The number of hydrogen-bond donors (Lipinski definition) is 0. The molecule has 1 aliphatic carbocycles. The van der Waals surface area contributed by atoms with Gasteiger partial charge in [-0.2, -0.15) is 5.26 Å². The van der Waals surface area contributed by atoms with Gasteiger partial charge in [0.2, 0.25) is 0 Å². The first-order valence-corrected chi connectivity index (χ1v) is 9.66. The van der Waals surface area contributed by atoms with Crippen molar-refractivity contribution in [2.45, 2.75) is 24.4 Å². The Kier molecular flexibility index (Phi) is 3.50. The summed E-state index contributed by atoms with van der Waals surface area (Å²) in [5.41, 5.74) is 0. The lowest BCUT2D eigenvalue weighted by atomic mass is 9.85. The topological polar surface area (TPSA) is 23.8 Å². The van der Waals surface area contributed by atoms with E-state index in [0.29, 0.717) is 0 Å². The Morgan fingerprint density at radius 2 is 1.35 bits per heavy atom. The molecule has 1 fully saturated rings. The summed E-state index contributed by atoms with van der Waals surface area (Å²) < 4.78 is 0. The number of nitriles is 1. The molecule has 2 aromatic rings. The van der Waals surface area contributed by atoms with Crippen LogP contribution in [-0.2, 0) is 11.8 Å². The van der Waals surface area contributed by atoms with Gasteiger partial charge in [0.25, 0.3) is 0 Å². The molecule has 0 unspecified atom stereocenters. The zero-order chi connectivity index (χ0) is 14.1. The van der Waals surface area contributed by atoms with Crippen molar-refractivity contribution in [3.8, 4) is 6.07 Å². The lowest BCUT2D eigenvalue weighted by Crippen LogP contribution is -2.42. The van der Waals surface area contributed by atoms with Gasteiger partial charge in [0.15, 0.2) is 0 Å². The van der Waals surface area contributed by atoms with Crippen molar-refractivity contribution >= 4 is 28.5 Å². The molecular weight excluding hydrogens is 281 g/mol. The normalized spacial score (nSPS) is 16.9. The minimum absolute atomic E-state index is 0.342. The molecule has 1 nitrogen and oxygen atoms in total. The first-order chi connectivity index (χ1) is 9.73. The van der Waals surface area contributed by atoms with Crippen LogP contribution in [0.3, 0.4) is 0 Å². The fourth-order valence-electron chi connectivity index (χ4n) is 2.93. The SMILES string of the molecule is N#CC1(P(=S)(c2ccccc2)c2ccccc2)CCC1. The van der Waals surface area contributed by atoms with E-state index in [0.717, 1.165) is 19.3 Å². The maximum absolute atomic E-state index is 9.81. The van der Waals surface area contributed by atoms with Gasteiger partial charge in [-0.05, 0) is 29.9 Å². The highest BCUT2D eigenvalue weighted by Gasteiger charge is 2.50. The van der Waals surface area contributed by atoms with Crippen LogP contribution < -0.4 is 10.6 Å². The molecule has 0 N–H and O–H groups in total. The average molecular weight is 297 g/mol. The van der Waals surface area contributed by atoms with Gasteiger partial charge in [-0.3, -0.25) is 0 Å². The van der Waals surface area contributed by atoms with Crippen molar-refractivity contribution < 1.29 is 0 Å². The Balaban J connectivity index is 2.25. The fourth-order valence-corrected chi connectivity index (χ4v) is 7.89. The smallest absolute Gasteiger partial charge is 0.0937 e. The van der Waals surface area contributed by atoms with E-state index in [9.17, 15) is 5.26 Å². The van der Waals surface area contributed by atoms with Crippen molar-refractivity contribution in [1.29, 1.82) is 5.26 Å². The molecule has 0 spiro atoms. The summed E-state index contributed by atoms with van der Waals surface area (Å²) in [7, 11) is 0. The molecule has 0 aromatic heterocycles. The number of nitrogens with zero attached hydrogens (tertiary/aromatic N) is 1. The van der Waals surface area contributed by atoms with Crippen LogP contribution in [0.4, 0.5) is 0 Å². The molecule has 0 heterocycles. The first-order valence-electron chi connectivity index (χ1n) is 6.86. The predicted octanol–water partition coefficient (Wildman–Crippen LogP) is 3.56. The van der Waals surface area contributed by atoms with Gasteiger partial charge in [0.05, 0.1) is 11.2 Å². The summed E-state index contributed by atoms with van der Waals surface area (Å²) in [6.45, 7) is 0. The maximum atomic E-state index is 9.81. The minimum Gasteiger partial charge on any atom is -0.197 e. The summed E-state index contributed by atoms with van der Waals surface area (Å²) in [5, 5.41) is 11.8. The van der Waals surface area contributed by atoms with Crippen LogP contribution in [0.1, 0.15) is 19.3 Å². The number of hydrogen-bond acceptors (Lipinski definition) is 2. The van der Waals surface area contributed by atoms with Gasteiger partial charge in [-0.1, -0.05) is 72.5 Å². The van der Waals surface area contributed by atoms with Gasteiger partial charge in [-0.15, -0.1) is 0 Å². The van der Waals surface area contributed by atoms with Crippen LogP contribution in [0.25, 0.3) is 0 Å². The molecule has 2 aromatic carbocycles. The lowest BCUT2D eigenvalue weighted by molar-refractivity contribution is 0.434. The molecular formula is C17H16NPS. The second-order valence-electron chi connectivity index (χ2n) is 5.28. The molecule has 3 heteroatoms. The number of benzene rings is 2. The van der Waals surface area contributed by atoms with E-state index in [-0.39, 0.29) is 5.16 Å². The van der Waals surface area contributed by atoms with Crippen molar-refractivity contribution in [1.82, 2.24) is 0 Å². The highest BCUT2D eigenvalue weighted by Crippen LogP contribution is 2.64. The zero-order valence-corrected chi connectivity index (χ0v) is 12.9. The third kappa shape index (κ3) is 1.85. The Labute approximate surface area is 125 Å². The summed E-state index contributed by atoms with van der Waals surface area (Å²) in [4.78, 5) is 0. The average Bonchev–Trinajstić information content (AvgIpc) is 2.48. The summed E-state index contributed by atoms with van der Waals surface area (Å²) in [5.74, 6) is 0. The molecule has 3 rings (SSSR count). The summed E-state index contributed by atoms with van der Waals surface area (Å²) in [6, 6.07) is 21.1. The Hall–Kier alpha value is -1.42. The van der Waals surface area contributed by atoms with Crippen molar-refractivity contribution in [3.63, 3.8) is 0 Å². The highest BCUT2D eigenvalue weighted by molar-refractivity contribution is 8.22. The van der Waals surface area contributed by atoms with Gasteiger partial charge in [0, 0.05) is 6.04 Å². The highest BCUT2D eigenvalue weighted by atomic mass is 32.4. The Morgan fingerprint density at radius 3 is 1.65 bits per heavy atom. The largest absolute Gasteiger partial charge is 0.197 e. The van der Waals surface area contributed by atoms with E-state index in [4.69, 9.17) is 11.8 Å². The van der Waals surface area contributed by atoms with Crippen LogP contribution in [0, 0.1) is 11.3 Å². The van der Waals surface area contributed by atoms with Crippen molar-refractivity contribution in [2.24, 2.45) is 0 Å². The molecule has 0 bridgehead atoms. The Morgan fingerprint density at radius 1 is 0.900 bits per heavy atom. The quantitative estimate of drug-likeness (QED) is 0.809. The van der Waals surface area contributed by atoms with E-state index in [1.807, 2.05) is 36.4 Å². The maximum Gasteiger partial charge on any atom is 0.0937 e. The van der Waals surface area contributed by atoms with E-state index >= 15 is 0 Å². The van der Waals surface area contributed by atoms with E-state index in [1.165, 1.54) is 10.6 Å². The van der Waals surface area contributed by atoms with E-state index < -0.39 is 6.04 Å². The van der Waals surface area contributed by atoms with Crippen LogP contribution >= 0.6 is 6.04 Å². The van der Waals surface area contributed by atoms with Crippen molar-refractivity contribution in [2.75, 3.05) is 0 Å². The van der Waals surface area contributed by atoms with E-state index in [1.54, 1.807) is 0 Å². The van der Waals surface area contributed by atoms with Gasteiger partial charge in [0.1, 0.15) is 0 Å².